The highest BCUT2D eigenvalue weighted by Gasteiger charge is 2.11. The van der Waals surface area contributed by atoms with Crippen LogP contribution in [0.5, 0.6) is 5.75 Å². The second-order valence-corrected chi connectivity index (χ2v) is 6.57. The predicted molar refractivity (Wildman–Crippen MR) is 103 cm³/mol. The Morgan fingerprint density at radius 3 is 2.78 bits per heavy atom. The number of nitrogens with one attached hydrogen (secondary N) is 1. The normalized spacial score (nSPS) is 10.5. The Morgan fingerprint density at radius 2 is 1.96 bits per heavy atom. The van der Waals surface area contributed by atoms with Gasteiger partial charge >= 0.3 is 0 Å². The molecule has 0 aliphatic carbocycles. The number of carbonyl (C=O) groups excluding carboxylic acids is 1. The first kappa shape index (κ1) is 17.0. The van der Waals surface area contributed by atoms with E-state index in [0.717, 1.165) is 11.3 Å². The molecule has 2 aromatic carbocycles. The average Bonchev–Trinajstić information content (AvgIpc) is 3.40. The zero-order valence-corrected chi connectivity index (χ0v) is 15.0. The summed E-state index contributed by atoms with van der Waals surface area (Å²) in [6.07, 6.45) is 0. The van der Waals surface area contributed by atoms with E-state index in [2.05, 4.69) is 15.5 Å². The Balaban J connectivity index is 1.44. The van der Waals surface area contributed by atoms with Gasteiger partial charge < -0.3 is 14.6 Å². The second-order valence-electron chi connectivity index (χ2n) is 5.63. The van der Waals surface area contributed by atoms with Gasteiger partial charge in [0, 0.05) is 11.3 Å². The molecule has 0 unspecified atom stereocenters. The van der Waals surface area contributed by atoms with E-state index in [1.54, 1.807) is 12.1 Å². The molecule has 7 heteroatoms. The SMILES string of the molecule is O=C(Nc1cccc(-c2noc(COc3ccccc3)n2)c1)c1cccs1. The number of rotatable bonds is 6. The van der Waals surface area contributed by atoms with Crippen LogP contribution in [0.15, 0.2) is 76.6 Å². The van der Waals surface area contributed by atoms with Gasteiger partial charge in [-0.3, -0.25) is 4.79 Å². The fourth-order valence-electron chi connectivity index (χ4n) is 2.43. The molecule has 4 rings (SSSR count). The number of carbonyl (C=O) groups is 1. The van der Waals surface area contributed by atoms with Crippen molar-refractivity contribution in [3.8, 4) is 17.1 Å². The quantitative estimate of drug-likeness (QED) is 0.530. The molecule has 2 heterocycles. The van der Waals surface area contributed by atoms with Gasteiger partial charge in [0.25, 0.3) is 11.8 Å². The molecule has 0 saturated heterocycles. The first-order valence-corrected chi connectivity index (χ1v) is 9.11. The maximum Gasteiger partial charge on any atom is 0.265 e. The standard InChI is InChI=1S/C20H15N3O3S/c24-20(17-10-5-11-27-17)21-15-7-4-6-14(12-15)19-22-18(26-23-19)13-25-16-8-2-1-3-9-16/h1-12H,13H2,(H,21,24). The van der Waals surface area contributed by atoms with Crippen LogP contribution in [0.25, 0.3) is 11.4 Å². The van der Waals surface area contributed by atoms with E-state index >= 15 is 0 Å². The predicted octanol–water partition coefficient (Wildman–Crippen LogP) is 4.63. The van der Waals surface area contributed by atoms with Gasteiger partial charge in [0.15, 0.2) is 6.61 Å². The highest BCUT2D eigenvalue weighted by molar-refractivity contribution is 7.12. The largest absolute Gasteiger partial charge is 0.484 e. The topological polar surface area (TPSA) is 77.2 Å². The highest BCUT2D eigenvalue weighted by atomic mass is 32.1. The summed E-state index contributed by atoms with van der Waals surface area (Å²) in [5, 5.41) is 8.73. The lowest BCUT2D eigenvalue weighted by Crippen LogP contribution is -2.09. The molecule has 0 bridgehead atoms. The molecule has 0 aliphatic heterocycles. The lowest BCUT2D eigenvalue weighted by molar-refractivity contribution is 0.103. The van der Waals surface area contributed by atoms with Crippen molar-refractivity contribution in [2.75, 3.05) is 5.32 Å². The third kappa shape index (κ3) is 4.21. The third-order valence-electron chi connectivity index (χ3n) is 3.70. The molecule has 1 amide bonds. The molecule has 0 atom stereocenters. The number of ether oxygens (including phenoxy) is 1. The minimum Gasteiger partial charge on any atom is -0.484 e. The molecule has 134 valence electrons. The van der Waals surface area contributed by atoms with Crippen molar-refractivity contribution in [2.24, 2.45) is 0 Å². The highest BCUT2D eigenvalue weighted by Crippen LogP contribution is 2.21. The molecule has 0 spiro atoms. The van der Waals surface area contributed by atoms with Crippen molar-refractivity contribution in [1.29, 1.82) is 0 Å². The van der Waals surface area contributed by atoms with Crippen molar-refractivity contribution >= 4 is 22.9 Å². The Kier molecular flexibility index (Phi) is 4.93. The van der Waals surface area contributed by atoms with Crippen LogP contribution >= 0.6 is 11.3 Å². The van der Waals surface area contributed by atoms with Crippen LogP contribution < -0.4 is 10.1 Å². The molecule has 0 saturated carbocycles. The maximum absolute atomic E-state index is 12.2. The second kappa shape index (κ2) is 7.84. The van der Waals surface area contributed by atoms with Crippen LogP contribution in [0, 0.1) is 0 Å². The van der Waals surface area contributed by atoms with E-state index in [-0.39, 0.29) is 12.5 Å². The Bertz CT molecular complexity index is 1030. The van der Waals surface area contributed by atoms with Crippen molar-refractivity contribution in [2.45, 2.75) is 6.61 Å². The number of anilines is 1. The number of aromatic nitrogens is 2. The van der Waals surface area contributed by atoms with E-state index < -0.39 is 0 Å². The maximum atomic E-state index is 12.2. The lowest BCUT2D eigenvalue weighted by atomic mass is 10.2. The molecule has 4 aromatic rings. The summed E-state index contributed by atoms with van der Waals surface area (Å²) in [5.74, 6) is 1.40. The molecule has 2 aromatic heterocycles. The minimum absolute atomic E-state index is 0.146. The van der Waals surface area contributed by atoms with Gasteiger partial charge in [-0.2, -0.15) is 4.98 Å². The van der Waals surface area contributed by atoms with E-state index in [0.29, 0.717) is 22.3 Å². The number of thiophene rings is 1. The molecule has 27 heavy (non-hydrogen) atoms. The average molecular weight is 377 g/mol. The van der Waals surface area contributed by atoms with Gasteiger partial charge in [0.05, 0.1) is 4.88 Å². The Labute approximate surface area is 159 Å². The smallest absolute Gasteiger partial charge is 0.265 e. The zero-order valence-electron chi connectivity index (χ0n) is 14.2. The van der Waals surface area contributed by atoms with E-state index in [4.69, 9.17) is 9.26 Å². The molecule has 0 aliphatic rings. The molecule has 1 N–H and O–H groups in total. The molecular weight excluding hydrogens is 362 g/mol. The Morgan fingerprint density at radius 1 is 1.07 bits per heavy atom. The summed E-state index contributed by atoms with van der Waals surface area (Å²) in [6, 6.07) is 20.3. The summed E-state index contributed by atoms with van der Waals surface area (Å²) < 4.78 is 10.9. The number of benzene rings is 2. The van der Waals surface area contributed by atoms with E-state index in [9.17, 15) is 4.79 Å². The van der Waals surface area contributed by atoms with Gasteiger partial charge in [0.2, 0.25) is 5.82 Å². The van der Waals surface area contributed by atoms with Crippen molar-refractivity contribution < 1.29 is 14.1 Å². The lowest BCUT2D eigenvalue weighted by Gasteiger charge is -2.04. The van der Waals surface area contributed by atoms with Crippen LogP contribution in [0.4, 0.5) is 5.69 Å². The van der Waals surface area contributed by atoms with Gasteiger partial charge in [-0.1, -0.05) is 41.6 Å². The summed E-state index contributed by atoms with van der Waals surface area (Å²) in [5.41, 5.74) is 1.41. The summed E-state index contributed by atoms with van der Waals surface area (Å²) in [7, 11) is 0. The number of amides is 1. The number of nitrogens with zero attached hydrogens (tertiary/aromatic N) is 2. The minimum atomic E-state index is -0.146. The molecule has 0 fully saturated rings. The summed E-state index contributed by atoms with van der Waals surface area (Å²) in [4.78, 5) is 17.2. The van der Waals surface area contributed by atoms with E-state index in [1.165, 1.54) is 11.3 Å². The van der Waals surface area contributed by atoms with Crippen LogP contribution in [0.3, 0.4) is 0 Å². The monoisotopic (exact) mass is 377 g/mol. The van der Waals surface area contributed by atoms with Gasteiger partial charge in [0.1, 0.15) is 5.75 Å². The summed E-state index contributed by atoms with van der Waals surface area (Å²) >= 11 is 1.39. The van der Waals surface area contributed by atoms with Crippen LogP contribution in [0.1, 0.15) is 15.6 Å². The number of hydrogen-bond donors (Lipinski definition) is 1. The summed E-state index contributed by atoms with van der Waals surface area (Å²) in [6.45, 7) is 0.186. The fourth-order valence-corrected chi connectivity index (χ4v) is 3.05. The van der Waals surface area contributed by atoms with Crippen LogP contribution in [0.2, 0.25) is 0 Å². The molecule has 0 radical (unpaired) electrons. The van der Waals surface area contributed by atoms with Gasteiger partial charge in [-0.25, -0.2) is 0 Å². The fraction of sp³-hybridized carbons (Fsp3) is 0.0500. The van der Waals surface area contributed by atoms with Gasteiger partial charge in [-0.15, -0.1) is 11.3 Å². The van der Waals surface area contributed by atoms with E-state index in [1.807, 2.05) is 60.0 Å². The number of para-hydroxylation sites is 1. The first-order valence-electron chi connectivity index (χ1n) is 8.24. The Hall–Kier alpha value is -3.45. The molecule has 6 nitrogen and oxygen atoms in total. The zero-order chi connectivity index (χ0) is 18.5. The number of hydrogen-bond acceptors (Lipinski definition) is 6. The first-order chi connectivity index (χ1) is 13.3. The van der Waals surface area contributed by atoms with Crippen molar-refractivity contribution in [1.82, 2.24) is 10.1 Å². The molecular formula is C20H15N3O3S. The van der Waals surface area contributed by atoms with Crippen molar-refractivity contribution in [3.05, 3.63) is 82.9 Å². The van der Waals surface area contributed by atoms with Crippen molar-refractivity contribution in [3.63, 3.8) is 0 Å². The van der Waals surface area contributed by atoms with Gasteiger partial charge in [-0.05, 0) is 35.7 Å². The third-order valence-corrected chi connectivity index (χ3v) is 4.57. The van der Waals surface area contributed by atoms with Crippen LogP contribution in [-0.4, -0.2) is 16.0 Å². The van der Waals surface area contributed by atoms with Crippen LogP contribution in [-0.2, 0) is 6.61 Å².